The fourth-order valence-electron chi connectivity index (χ4n) is 3.31. The molecular weight excluding hydrogens is 332 g/mol. The van der Waals surface area contributed by atoms with Crippen LogP contribution in [0.25, 0.3) is 5.69 Å². The lowest BCUT2D eigenvalue weighted by Crippen LogP contribution is -2.41. The van der Waals surface area contributed by atoms with Gasteiger partial charge in [-0.05, 0) is 37.1 Å². The predicted molar refractivity (Wildman–Crippen MR) is 82.4 cm³/mol. The molecule has 2 aliphatic rings. The van der Waals surface area contributed by atoms with Gasteiger partial charge in [0.2, 0.25) is 0 Å². The number of amides is 1. The monoisotopic (exact) mass is 346 g/mol. The second kappa shape index (κ2) is 4.45. The number of carbonyl (C=O) groups excluding carboxylic acids is 1. The maximum Gasteiger partial charge on any atom is 0.273 e. The lowest BCUT2D eigenvalue weighted by molar-refractivity contribution is 0.0195. The average Bonchev–Trinajstić information content (AvgIpc) is 3.12. The van der Waals surface area contributed by atoms with Crippen molar-refractivity contribution in [1.29, 1.82) is 0 Å². The third-order valence-corrected chi connectivity index (χ3v) is 4.93. The summed E-state index contributed by atoms with van der Waals surface area (Å²) >= 11 is 3.54. The standard InChI is InChI=1S/C16H15BrN2O2/c1-21-10-19-15(20)13-3-2-8-18(13)14-9-11(17)4-5-12(14)16(19)6-7-16/h2-5,8-9H,6-7,10H2,1H3. The number of hydrogen-bond donors (Lipinski definition) is 0. The summed E-state index contributed by atoms with van der Waals surface area (Å²) in [6.45, 7) is 0.319. The molecular formula is C16H15BrN2O2. The van der Waals surface area contributed by atoms with Crippen molar-refractivity contribution in [3.05, 3.63) is 52.3 Å². The van der Waals surface area contributed by atoms with Crippen molar-refractivity contribution in [2.24, 2.45) is 0 Å². The maximum absolute atomic E-state index is 12.9. The molecule has 1 aromatic heterocycles. The minimum absolute atomic E-state index is 0.0340. The van der Waals surface area contributed by atoms with E-state index in [0.717, 1.165) is 23.0 Å². The number of aromatic nitrogens is 1. The highest BCUT2D eigenvalue weighted by atomic mass is 79.9. The van der Waals surface area contributed by atoms with E-state index in [4.69, 9.17) is 4.74 Å². The Balaban J connectivity index is 2.01. The Bertz CT molecular complexity index is 734. The van der Waals surface area contributed by atoms with Crippen molar-refractivity contribution in [2.45, 2.75) is 18.4 Å². The molecule has 0 N–H and O–H groups in total. The molecule has 1 aromatic carbocycles. The highest BCUT2D eigenvalue weighted by Gasteiger charge is 2.54. The minimum Gasteiger partial charge on any atom is -0.364 e. The molecule has 21 heavy (non-hydrogen) atoms. The molecule has 5 heteroatoms. The van der Waals surface area contributed by atoms with E-state index in [1.807, 2.05) is 33.9 Å². The first-order chi connectivity index (χ1) is 10.2. The van der Waals surface area contributed by atoms with E-state index in [1.165, 1.54) is 5.56 Å². The van der Waals surface area contributed by atoms with E-state index in [0.29, 0.717) is 12.4 Å². The van der Waals surface area contributed by atoms with E-state index < -0.39 is 0 Å². The summed E-state index contributed by atoms with van der Waals surface area (Å²) in [5.41, 5.74) is 2.76. The van der Waals surface area contributed by atoms with E-state index in [2.05, 4.69) is 28.1 Å². The molecule has 108 valence electrons. The van der Waals surface area contributed by atoms with Crippen LogP contribution in [0, 0.1) is 0 Å². The molecule has 2 heterocycles. The zero-order valence-corrected chi connectivity index (χ0v) is 13.3. The Labute approximate surface area is 131 Å². The number of rotatable bonds is 2. The van der Waals surface area contributed by atoms with Gasteiger partial charge >= 0.3 is 0 Å². The lowest BCUT2D eigenvalue weighted by Gasteiger charge is -2.30. The third-order valence-electron chi connectivity index (χ3n) is 4.43. The number of halogens is 1. The average molecular weight is 347 g/mol. The van der Waals surface area contributed by atoms with Gasteiger partial charge in [-0.2, -0.15) is 0 Å². The molecule has 4 nitrogen and oxygen atoms in total. The van der Waals surface area contributed by atoms with Gasteiger partial charge in [-0.15, -0.1) is 0 Å². The van der Waals surface area contributed by atoms with Crippen LogP contribution in [0.5, 0.6) is 0 Å². The van der Waals surface area contributed by atoms with Gasteiger partial charge in [0.1, 0.15) is 12.4 Å². The first kappa shape index (κ1) is 13.1. The molecule has 1 saturated carbocycles. The molecule has 1 amide bonds. The number of carbonyl (C=O) groups is 1. The van der Waals surface area contributed by atoms with Gasteiger partial charge < -0.3 is 14.2 Å². The largest absolute Gasteiger partial charge is 0.364 e. The summed E-state index contributed by atoms with van der Waals surface area (Å²) in [6.07, 6.45) is 3.92. The van der Waals surface area contributed by atoms with Crippen LogP contribution in [0.1, 0.15) is 28.9 Å². The van der Waals surface area contributed by atoms with Crippen molar-refractivity contribution < 1.29 is 9.53 Å². The molecule has 4 rings (SSSR count). The van der Waals surface area contributed by atoms with Gasteiger partial charge in [0.05, 0.1) is 11.2 Å². The van der Waals surface area contributed by atoms with E-state index in [-0.39, 0.29) is 11.4 Å². The first-order valence-corrected chi connectivity index (χ1v) is 7.75. The molecule has 0 bridgehead atoms. The van der Waals surface area contributed by atoms with Crippen molar-refractivity contribution in [3.8, 4) is 5.69 Å². The van der Waals surface area contributed by atoms with Crippen LogP contribution in [0.2, 0.25) is 0 Å². The smallest absolute Gasteiger partial charge is 0.273 e. The van der Waals surface area contributed by atoms with Crippen molar-refractivity contribution >= 4 is 21.8 Å². The Morgan fingerprint density at radius 2 is 2.14 bits per heavy atom. The van der Waals surface area contributed by atoms with Gasteiger partial charge in [0.25, 0.3) is 5.91 Å². The first-order valence-electron chi connectivity index (χ1n) is 6.96. The van der Waals surface area contributed by atoms with Crippen molar-refractivity contribution in [2.75, 3.05) is 13.8 Å². The van der Waals surface area contributed by atoms with Crippen LogP contribution in [0.3, 0.4) is 0 Å². The van der Waals surface area contributed by atoms with Crippen LogP contribution in [0.15, 0.2) is 41.0 Å². The topological polar surface area (TPSA) is 34.5 Å². The van der Waals surface area contributed by atoms with Gasteiger partial charge in [0.15, 0.2) is 0 Å². The van der Waals surface area contributed by atoms with Crippen molar-refractivity contribution in [1.82, 2.24) is 9.47 Å². The Kier molecular flexibility index (Phi) is 2.78. The highest BCUT2D eigenvalue weighted by molar-refractivity contribution is 9.10. The van der Waals surface area contributed by atoms with Crippen molar-refractivity contribution in [3.63, 3.8) is 0 Å². The van der Waals surface area contributed by atoms with Crippen LogP contribution in [-0.4, -0.2) is 29.2 Å². The SMILES string of the molecule is COCN1C(=O)c2cccn2-c2cc(Br)ccc2C12CC2. The number of nitrogens with zero attached hydrogens (tertiary/aromatic N) is 2. The maximum atomic E-state index is 12.9. The Hall–Kier alpha value is -1.59. The fraction of sp³-hybridized carbons (Fsp3) is 0.312. The van der Waals surface area contributed by atoms with Gasteiger partial charge in [-0.3, -0.25) is 4.79 Å². The van der Waals surface area contributed by atoms with E-state index in [9.17, 15) is 4.79 Å². The second-order valence-electron chi connectivity index (χ2n) is 5.61. The second-order valence-corrected chi connectivity index (χ2v) is 6.52. The molecule has 1 aliphatic heterocycles. The van der Waals surface area contributed by atoms with Gasteiger partial charge in [-0.25, -0.2) is 0 Å². The third kappa shape index (κ3) is 1.74. The Morgan fingerprint density at radius 1 is 1.33 bits per heavy atom. The molecule has 1 fully saturated rings. The molecule has 0 radical (unpaired) electrons. The minimum atomic E-state index is -0.206. The molecule has 1 spiro atoms. The molecule has 1 aliphatic carbocycles. The summed E-state index contributed by atoms with van der Waals surface area (Å²) in [5, 5.41) is 0. The van der Waals surface area contributed by atoms with Crippen LogP contribution >= 0.6 is 15.9 Å². The molecule has 2 aromatic rings. The summed E-state index contributed by atoms with van der Waals surface area (Å²) in [7, 11) is 1.63. The number of benzene rings is 1. The predicted octanol–water partition coefficient (Wildman–Crippen LogP) is 3.29. The van der Waals surface area contributed by atoms with Crippen LogP contribution in [-0.2, 0) is 10.3 Å². The molecule has 0 atom stereocenters. The highest BCUT2D eigenvalue weighted by Crippen LogP contribution is 2.54. The number of ether oxygens (including phenoxy) is 1. The van der Waals surface area contributed by atoms with E-state index in [1.54, 1.807) is 7.11 Å². The Morgan fingerprint density at radius 3 is 2.86 bits per heavy atom. The molecule has 0 saturated heterocycles. The van der Waals surface area contributed by atoms with Gasteiger partial charge in [0, 0.05) is 23.3 Å². The number of hydrogen-bond acceptors (Lipinski definition) is 2. The lowest BCUT2D eigenvalue weighted by atomic mass is 10.0. The molecule has 0 unspecified atom stereocenters. The number of methoxy groups -OCH3 is 1. The summed E-state index contributed by atoms with van der Waals surface area (Å²) in [6, 6.07) is 10.0. The summed E-state index contributed by atoms with van der Waals surface area (Å²) in [5.74, 6) is 0.0340. The quantitative estimate of drug-likeness (QED) is 0.836. The zero-order chi connectivity index (χ0) is 14.6. The van der Waals surface area contributed by atoms with Crippen LogP contribution in [0.4, 0.5) is 0 Å². The number of fused-ring (bicyclic) bond motifs is 4. The van der Waals surface area contributed by atoms with E-state index >= 15 is 0 Å². The van der Waals surface area contributed by atoms with Gasteiger partial charge in [-0.1, -0.05) is 22.0 Å². The normalized spacial score (nSPS) is 18.4. The fourth-order valence-corrected chi connectivity index (χ4v) is 3.66. The van der Waals surface area contributed by atoms with Crippen LogP contribution < -0.4 is 0 Å². The summed E-state index contributed by atoms with van der Waals surface area (Å²) in [4.78, 5) is 14.8. The summed E-state index contributed by atoms with van der Waals surface area (Å²) < 4.78 is 8.30. The zero-order valence-electron chi connectivity index (χ0n) is 11.7.